The average molecular weight is 242 g/mol. The molecule has 3 heteroatoms. The van der Waals surface area contributed by atoms with E-state index < -0.39 is 0 Å². The molecule has 1 atom stereocenters. The summed E-state index contributed by atoms with van der Waals surface area (Å²) in [4.78, 5) is 4.18. The van der Waals surface area contributed by atoms with Crippen LogP contribution in [-0.4, -0.2) is 10.1 Å². The van der Waals surface area contributed by atoms with Gasteiger partial charge in [0.25, 0.3) is 0 Å². The van der Waals surface area contributed by atoms with Crippen molar-refractivity contribution in [2.45, 2.75) is 25.4 Å². The summed E-state index contributed by atoms with van der Waals surface area (Å²) >= 11 is 3.40. The number of aliphatic hydroxyl groups is 1. The van der Waals surface area contributed by atoms with Crippen LogP contribution in [0.1, 0.15) is 31.1 Å². The lowest BCUT2D eigenvalue weighted by Crippen LogP contribution is -2.21. The molecular formula is C10H12BrNO. The normalized spacial score (nSPS) is 19.5. The number of rotatable bonds is 2. The Morgan fingerprint density at radius 3 is 2.85 bits per heavy atom. The molecule has 0 spiro atoms. The van der Waals surface area contributed by atoms with Crippen molar-refractivity contribution in [3.8, 4) is 0 Å². The van der Waals surface area contributed by atoms with Crippen LogP contribution in [0.15, 0.2) is 22.8 Å². The van der Waals surface area contributed by atoms with Gasteiger partial charge in [-0.05, 0) is 46.8 Å². The van der Waals surface area contributed by atoms with Crippen molar-refractivity contribution in [3.05, 3.63) is 28.5 Å². The second-order valence-corrected chi connectivity index (χ2v) is 4.36. The fourth-order valence-electron chi connectivity index (χ4n) is 1.59. The number of pyridine rings is 1. The maximum absolute atomic E-state index is 9.93. The highest BCUT2D eigenvalue weighted by Crippen LogP contribution is 2.38. The highest BCUT2D eigenvalue weighted by molar-refractivity contribution is 9.10. The van der Waals surface area contributed by atoms with Crippen LogP contribution in [0.5, 0.6) is 0 Å². The third-order valence-electron chi connectivity index (χ3n) is 2.66. The zero-order valence-corrected chi connectivity index (χ0v) is 8.87. The maximum Gasteiger partial charge on any atom is 0.0999 e. The first kappa shape index (κ1) is 9.16. The van der Waals surface area contributed by atoms with E-state index in [4.69, 9.17) is 0 Å². The predicted octanol–water partition coefficient (Wildman–Crippen LogP) is 2.68. The Hall–Kier alpha value is -0.410. The van der Waals surface area contributed by atoms with E-state index in [2.05, 4.69) is 20.9 Å². The Bertz CT molecular complexity index is 299. The lowest BCUT2D eigenvalue weighted by atomic mass is 9.80. The number of aromatic nitrogens is 1. The van der Waals surface area contributed by atoms with Gasteiger partial charge in [-0.25, -0.2) is 0 Å². The monoisotopic (exact) mass is 241 g/mol. The van der Waals surface area contributed by atoms with E-state index in [9.17, 15) is 5.11 Å². The topological polar surface area (TPSA) is 33.1 Å². The lowest BCUT2D eigenvalue weighted by molar-refractivity contribution is 0.0581. The maximum atomic E-state index is 9.93. The Morgan fingerprint density at radius 1 is 1.54 bits per heavy atom. The summed E-state index contributed by atoms with van der Waals surface area (Å²) in [5.74, 6) is 0.422. The van der Waals surface area contributed by atoms with Gasteiger partial charge in [0.2, 0.25) is 0 Å². The van der Waals surface area contributed by atoms with Crippen LogP contribution in [0.4, 0.5) is 0 Å². The Kier molecular flexibility index (Phi) is 2.65. The number of nitrogens with zero attached hydrogens (tertiary/aromatic N) is 1. The van der Waals surface area contributed by atoms with Crippen LogP contribution in [0, 0.1) is 5.92 Å². The Balaban J connectivity index is 2.18. The minimum absolute atomic E-state index is 0.385. The molecular weight excluding hydrogens is 230 g/mol. The second-order valence-electron chi connectivity index (χ2n) is 3.51. The Morgan fingerprint density at radius 2 is 2.31 bits per heavy atom. The number of hydrogen-bond acceptors (Lipinski definition) is 2. The minimum Gasteiger partial charge on any atom is -0.386 e. The molecule has 1 aromatic heterocycles. The van der Waals surface area contributed by atoms with Gasteiger partial charge < -0.3 is 5.11 Å². The van der Waals surface area contributed by atoms with Gasteiger partial charge in [0.1, 0.15) is 0 Å². The quantitative estimate of drug-likeness (QED) is 0.864. The third-order valence-corrected chi connectivity index (χ3v) is 3.33. The molecule has 2 rings (SSSR count). The second kappa shape index (κ2) is 3.76. The van der Waals surface area contributed by atoms with Crippen molar-refractivity contribution >= 4 is 15.9 Å². The van der Waals surface area contributed by atoms with Gasteiger partial charge in [-0.2, -0.15) is 0 Å². The fourth-order valence-corrected chi connectivity index (χ4v) is 2.08. The molecule has 1 unspecified atom stereocenters. The van der Waals surface area contributed by atoms with Crippen LogP contribution in [-0.2, 0) is 0 Å². The van der Waals surface area contributed by atoms with Crippen molar-refractivity contribution in [1.29, 1.82) is 0 Å². The van der Waals surface area contributed by atoms with Crippen molar-refractivity contribution in [3.63, 3.8) is 0 Å². The first-order valence-electron chi connectivity index (χ1n) is 4.57. The molecule has 0 bridgehead atoms. The molecule has 70 valence electrons. The molecule has 1 N–H and O–H groups in total. The van der Waals surface area contributed by atoms with Crippen LogP contribution in [0.2, 0.25) is 0 Å². The zero-order chi connectivity index (χ0) is 9.26. The van der Waals surface area contributed by atoms with Crippen molar-refractivity contribution in [2.75, 3.05) is 0 Å². The van der Waals surface area contributed by atoms with Gasteiger partial charge in [0.05, 0.1) is 11.8 Å². The molecule has 1 saturated carbocycles. The van der Waals surface area contributed by atoms with E-state index >= 15 is 0 Å². The number of aliphatic hydroxyl groups excluding tert-OH is 1. The molecule has 0 saturated heterocycles. The largest absolute Gasteiger partial charge is 0.386 e. The molecule has 13 heavy (non-hydrogen) atoms. The van der Waals surface area contributed by atoms with Crippen molar-refractivity contribution in [2.24, 2.45) is 5.92 Å². The van der Waals surface area contributed by atoms with Crippen molar-refractivity contribution < 1.29 is 5.11 Å². The minimum atomic E-state index is -0.385. The average Bonchev–Trinajstić information content (AvgIpc) is 2.01. The summed E-state index contributed by atoms with van der Waals surface area (Å²) in [6.07, 6.45) is 4.84. The van der Waals surface area contributed by atoms with Gasteiger partial charge in [-0.1, -0.05) is 6.42 Å². The van der Waals surface area contributed by atoms with E-state index in [1.807, 2.05) is 12.1 Å². The van der Waals surface area contributed by atoms with Crippen LogP contribution in [0.3, 0.4) is 0 Å². The molecule has 0 amide bonds. The van der Waals surface area contributed by atoms with Gasteiger partial charge in [-0.15, -0.1) is 0 Å². The molecule has 2 nitrogen and oxygen atoms in total. The molecule has 0 aromatic carbocycles. The summed E-state index contributed by atoms with van der Waals surface area (Å²) in [6, 6.07) is 3.78. The van der Waals surface area contributed by atoms with Crippen LogP contribution >= 0.6 is 15.9 Å². The SMILES string of the molecule is OC(c1ncccc1Br)C1CCC1. The van der Waals surface area contributed by atoms with E-state index in [1.54, 1.807) is 6.20 Å². The number of halogens is 1. The van der Waals surface area contributed by atoms with E-state index in [1.165, 1.54) is 6.42 Å². The first-order valence-corrected chi connectivity index (χ1v) is 5.37. The van der Waals surface area contributed by atoms with Gasteiger partial charge in [-0.3, -0.25) is 4.98 Å². The van der Waals surface area contributed by atoms with E-state index in [0.29, 0.717) is 5.92 Å². The highest BCUT2D eigenvalue weighted by Gasteiger charge is 2.28. The molecule has 1 aliphatic rings. The molecule has 0 radical (unpaired) electrons. The standard InChI is InChI=1S/C10H12BrNO/c11-8-5-2-6-12-9(8)10(13)7-3-1-4-7/h2,5-7,10,13H,1,3-4H2. The molecule has 1 aromatic rings. The molecule has 1 heterocycles. The van der Waals surface area contributed by atoms with Crippen molar-refractivity contribution in [1.82, 2.24) is 4.98 Å². The summed E-state index contributed by atoms with van der Waals surface area (Å²) in [5, 5.41) is 9.93. The third kappa shape index (κ3) is 1.76. The van der Waals surface area contributed by atoms with E-state index in [0.717, 1.165) is 23.0 Å². The zero-order valence-electron chi connectivity index (χ0n) is 7.28. The molecule has 0 aliphatic heterocycles. The fraction of sp³-hybridized carbons (Fsp3) is 0.500. The Labute approximate surface area is 86.1 Å². The van der Waals surface area contributed by atoms with E-state index in [-0.39, 0.29) is 6.10 Å². The summed E-state index contributed by atoms with van der Waals surface area (Å²) in [5.41, 5.74) is 0.784. The van der Waals surface area contributed by atoms with Crippen LogP contribution in [0.25, 0.3) is 0 Å². The predicted molar refractivity (Wildman–Crippen MR) is 54.2 cm³/mol. The highest BCUT2D eigenvalue weighted by atomic mass is 79.9. The molecule has 1 aliphatic carbocycles. The summed E-state index contributed by atoms with van der Waals surface area (Å²) in [7, 11) is 0. The smallest absolute Gasteiger partial charge is 0.0999 e. The lowest BCUT2D eigenvalue weighted by Gasteiger charge is -2.30. The summed E-state index contributed by atoms with van der Waals surface area (Å²) < 4.78 is 0.911. The number of hydrogen-bond donors (Lipinski definition) is 1. The van der Waals surface area contributed by atoms with Gasteiger partial charge in [0.15, 0.2) is 0 Å². The summed E-state index contributed by atoms with van der Waals surface area (Å²) in [6.45, 7) is 0. The van der Waals surface area contributed by atoms with Gasteiger partial charge in [0, 0.05) is 10.7 Å². The molecule has 1 fully saturated rings. The van der Waals surface area contributed by atoms with Crippen LogP contribution < -0.4 is 0 Å². The first-order chi connectivity index (χ1) is 6.29. The van der Waals surface area contributed by atoms with Gasteiger partial charge >= 0.3 is 0 Å².